The van der Waals surface area contributed by atoms with Crippen LogP contribution in [-0.4, -0.2) is 19.2 Å². The molecule has 0 saturated carbocycles. The summed E-state index contributed by atoms with van der Waals surface area (Å²) in [4.78, 5) is 0. The first kappa shape index (κ1) is 14.7. The Bertz CT molecular complexity index is 486. The number of nitrogens with two attached hydrogens (primary N) is 1. The summed E-state index contributed by atoms with van der Waals surface area (Å²) in [6.45, 7) is 5.46. The van der Waals surface area contributed by atoms with E-state index in [0.29, 0.717) is 20.0 Å². The molecular weight excluding hydrogens is 256 g/mol. The molecule has 2 rings (SSSR count). The first-order valence-electron chi connectivity index (χ1n) is 6.80. The Morgan fingerprint density at radius 3 is 2.85 bits per heavy atom. The van der Waals surface area contributed by atoms with Crippen LogP contribution in [-0.2, 0) is 11.3 Å². The van der Waals surface area contributed by atoms with Gasteiger partial charge >= 0.3 is 0 Å². The molecule has 1 aromatic carbocycles. The molecule has 0 bridgehead atoms. The van der Waals surface area contributed by atoms with E-state index in [1.165, 1.54) is 0 Å². The summed E-state index contributed by atoms with van der Waals surface area (Å²) in [5.41, 5.74) is 6.37. The van der Waals surface area contributed by atoms with E-state index in [1.54, 1.807) is 0 Å². The zero-order chi connectivity index (χ0) is 14.6. The Kier molecular flexibility index (Phi) is 4.49. The molecule has 3 N–H and O–H groups in total. The molecule has 110 valence electrons. The van der Waals surface area contributed by atoms with Crippen molar-refractivity contribution in [2.24, 2.45) is 11.1 Å². The molecule has 0 spiro atoms. The molecule has 5 nitrogen and oxygen atoms in total. The summed E-state index contributed by atoms with van der Waals surface area (Å²) >= 11 is 0. The van der Waals surface area contributed by atoms with Crippen molar-refractivity contribution in [2.45, 2.75) is 33.3 Å². The Hall–Kier alpha value is -1.75. The Morgan fingerprint density at radius 1 is 1.35 bits per heavy atom. The first-order valence-corrected chi connectivity index (χ1v) is 6.80. The highest BCUT2D eigenvalue weighted by molar-refractivity contribution is 5.82. The van der Waals surface area contributed by atoms with E-state index in [-0.39, 0.29) is 11.3 Å². The maximum Gasteiger partial charge on any atom is 0.231 e. The minimum absolute atomic E-state index is 0.230. The average Bonchev–Trinajstić information content (AvgIpc) is 2.85. The number of fused-ring (bicyclic) bond motifs is 1. The fourth-order valence-corrected chi connectivity index (χ4v) is 1.97. The standard InChI is InChI=1S/C15H22N2O3/c1-15(2,14(16)17)6-3-7-18-9-11-4-5-12-13(8-11)20-10-19-12/h4-5,8H,3,6-7,9-10H2,1-2H3,(H3,16,17). The third-order valence-electron chi connectivity index (χ3n) is 3.53. The molecule has 0 atom stereocenters. The highest BCUT2D eigenvalue weighted by Gasteiger charge is 2.20. The maximum atomic E-state index is 7.49. The van der Waals surface area contributed by atoms with Gasteiger partial charge in [-0.25, -0.2) is 0 Å². The van der Waals surface area contributed by atoms with Gasteiger partial charge in [-0.2, -0.15) is 0 Å². The van der Waals surface area contributed by atoms with Crippen molar-refractivity contribution in [3.8, 4) is 11.5 Å². The summed E-state index contributed by atoms with van der Waals surface area (Å²) in [5, 5.41) is 7.49. The van der Waals surface area contributed by atoms with Gasteiger partial charge in [0.25, 0.3) is 0 Å². The van der Waals surface area contributed by atoms with Crippen molar-refractivity contribution in [1.82, 2.24) is 0 Å². The number of nitrogens with one attached hydrogen (secondary N) is 1. The summed E-state index contributed by atoms with van der Waals surface area (Å²) < 4.78 is 16.2. The average molecular weight is 278 g/mol. The van der Waals surface area contributed by atoms with Gasteiger partial charge in [-0.15, -0.1) is 0 Å². The number of rotatable bonds is 7. The Labute approximate surface area is 119 Å². The molecule has 1 aliphatic rings. The van der Waals surface area contributed by atoms with Crippen molar-refractivity contribution in [3.05, 3.63) is 23.8 Å². The number of benzene rings is 1. The van der Waals surface area contributed by atoms with E-state index < -0.39 is 0 Å². The summed E-state index contributed by atoms with van der Waals surface area (Å²) in [6, 6.07) is 5.83. The quantitative estimate of drug-likeness (QED) is 0.456. The topological polar surface area (TPSA) is 77.6 Å². The molecule has 0 saturated heterocycles. The summed E-state index contributed by atoms with van der Waals surface area (Å²) in [6.07, 6.45) is 1.74. The van der Waals surface area contributed by atoms with Crippen molar-refractivity contribution in [2.75, 3.05) is 13.4 Å². The predicted octanol–water partition coefficient (Wildman–Crippen LogP) is 2.67. The Balaban J connectivity index is 1.70. The van der Waals surface area contributed by atoms with Gasteiger partial charge in [-0.05, 0) is 30.5 Å². The molecule has 1 aromatic rings. The Morgan fingerprint density at radius 2 is 2.10 bits per heavy atom. The minimum atomic E-state index is -0.248. The second-order valence-electron chi connectivity index (χ2n) is 5.64. The molecule has 0 aliphatic carbocycles. The zero-order valence-electron chi connectivity index (χ0n) is 12.1. The van der Waals surface area contributed by atoms with Crippen LogP contribution in [0.4, 0.5) is 0 Å². The van der Waals surface area contributed by atoms with Crippen LogP contribution in [0.5, 0.6) is 11.5 Å². The van der Waals surface area contributed by atoms with Gasteiger partial charge in [0, 0.05) is 12.0 Å². The zero-order valence-corrected chi connectivity index (χ0v) is 12.1. The lowest BCUT2D eigenvalue weighted by Gasteiger charge is -2.22. The molecule has 5 heteroatoms. The number of hydrogen-bond donors (Lipinski definition) is 2. The lowest BCUT2D eigenvalue weighted by atomic mass is 9.87. The fraction of sp³-hybridized carbons (Fsp3) is 0.533. The molecule has 0 unspecified atom stereocenters. The largest absolute Gasteiger partial charge is 0.454 e. The van der Waals surface area contributed by atoms with Gasteiger partial charge in [0.05, 0.1) is 12.4 Å². The summed E-state index contributed by atoms with van der Waals surface area (Å²) in [5.74, 6) is 1.80. The predicted molar refractivity (Wildman–Crippen MR) is 77.2 cm³/mol. The first-order chi connectivity index (χ1) is 9.49. The molecule has 1 heterocycles. The van der Waals surface area contributed by atoms with Gasteiger partial charge in [-0.1, -0.05) is 19.9 Å². The smallest absolute Gasteiger partial charge is 0.231 e. The van der Waals surface area contributed by atoms with E-state index >= 15 is 0 Å². The van der Waals surface area contributed by atoms with Crippen molar-refractivity contribution in [3.63, 3.8) is 0 Å². The summed E-state index contributed by atoms with van der Waals surface area (Å²) in [7, 11) is 0. The molecule has 20 heavy (non-hydrogen) atoms. The van der Waals surface area contributed by atoms with Crippen LogP contribution in [0.2, 0.25) is 0 Å². The van der Waals surface area contributed by atoms with E-state index in [4.69, 9.17) is 25.4 Å². The van der Waals surface area contributed by atoms with E-state index in [1.807, 2.05) is 32.0 Å². The van der Waals surface area contributed by atoms with E-state index in [2.05, 4.69) is 0 Å². The number of ether oxygens (including phenoxy) is 3. The lowest BCUT2D eigenvalue weighted by Crippen LogP contribution is -2.30. The van der Waals surface area contributed by atoms with Gasteiger partial charge in [0.1, 0.15) is 0 Å². The second-order valence-corrected chi connectivity index (χ2v) is 5.64. The molecule has 0 amide bonds. The second kappa shape index (κ2) is 6.13. The monoisotopic (exact) mass is 278 g/mol. The highest BCUT2D eigenvalue weighted by Crippen LogP contribution is 2.32. The molecule has 1 aliphatic heterocycles. The number of amidine groups is 1. The van der Waals surface area contributed by atoms with Crippen LogP contribution in [0, 0.1) is 10.8 Å². The van der Waals surface area contributed by atoms with Crippen LogP contribution in [0.1, 0.15) is 32.3 Å². The van der Waals surface area contributed by atoms with Crippen molar-refractivity contribution < 1.29 is 14.2 Å². The third-order valence-corrected chi connectivity index (χ3v) is 3.53. The van der Waals surface area contributed by atoms with Gasteiger partial charge in [0.2, 0.25) is 6.79 Å². The number of hydrogen-bond acceptors (Lipinski definition) is 4. The maximum absolute atomic E-state index is 7.49. The molecule has 0 aromatic heterocycles. The van der Waals surface area contributed by atoms with Gasteiger partial charge in [0.15, 0.2) is 11.5 Å². The van der Waals surface area contributed by atoms with Crippen LogP contribution in [0.15, 0.2) is 18.2 Å². The van der Waals surface area contributed by atoms with Crippen LogP contribution >= 0.6 is 0 Å². The third kappa shape index (κ3) is 3.63. The molecular formula is C15H22N2O3. The molecule has 0 fully saturated rings. The van der Waals surface area contributed by atoms with Gasteiger partial charge in [-0.3, -0.25) is 5.41 Å². The lowest BCUT2D eigenvalue weighted by molar-refractivity contribution is 0.112. The van der Waals surface area contributed by atoms with Crippen LogP contribution in [0.25, 0.3) is 0 Å². The van der Waals surface area contributed by atoms with E-state index in [9.17, 15) is 0 Å². The fourth-order valence-electron chi connectivity index (χ4n) is 1.97. The van der Waals surface area contributed by atoms with Crippen molar-refractivity contribution >= 4 is 5.84 Å². The van der Waals surface area contributed by atoms with Crippen molar-refractivity contribution in [1.29, 1.82) is 5.41 Å². The van der Waals surface area contributed by atoms with Gasteiger partial charge < -0.3 is 19.9 Å². The van der Waals surface area contributed by atoms with Crippen LogP contribution in [0.3, 0.4) is 0 Å². The molecule has 0 radical (unpaired) electrons. The normalized spacial score (nSPS) is 13.5. The minimum Gasteiger partial charge on any atom is -0.454 e. The van der Waals surface area contributed by atoms with Crippen LogP contribution < -0.4 is 15.2 Å². The van der Waals surface area contributed by atoms with E-state index in [0.717, 1.165) is 29.9 Å². The highest BCUT2D eigenvalue weighted by atomic mass is 16.7. The SMILES string of the molecule is CC(C)(CCCOCc1ccc2c(c1)OCO2)C(=N)N.